The summed E-state index contributed by atoms with van der Waals surface area (Å²) in [5.41, 5.74) is 2.23. The van der Waals surface area contributed by atoms with Crippen molar-refractivity contribution in [2.75, 3.05) is 45.2 Å². The Balaban J connectivity index is 0.00000380. The molecule has 2 aromatic carbocycles. The molecule has 1 aliphatic rings. The van der Waals surface area contributed by atoms with Gasteiger partial charge in [-0.2, -0.15) is 4.31 Å². The maximum absolute atomic E-state index is 13.6. The van der Waals surface area contributed by atoms with Gasteiger partial charge in [0.25, 0.3) is 5.91 Å². The highest BCUT2D eigenvalue weighted by Crippen LogP contribution is 2.34. The quantitative estimate of drug-likeness (QED) is 0.339. The molecule has 1 amide bonds. The Bertz CT molecular complexity index is 1340. The number of thiazole rings is 1. The van der Waals surface area contributed by atoms with Crippen LogP contribution in [0.4, 0.5) is 5.13 Å². The van der Waals surface area contributed by atoms with E-state index in [0.29, 0.717) is 41.3 Å². The van der Waals surface area contributed by atoms with Crippen LogP contribution in [0.2, 0.25) is 5.02 Å². The SMILES string of the molecule is Cc1cc(Cl)cc2sc(N(CCCN(C)C)C(=O)c3ccc(S(=O)(=O)N4CCCC(C)C4)cc3)nc12.Cl. The summed E-state index contributed by atoms with van der Waals surface area (Å²) in [4.78, 5) is 22.4. The molecule has 4 rings (SSSR count). The van der Waals surface area contributed by atoms with Crippen LogP contribution >= 0.6 is 35.3 Å². The molecule has 1 unspecified atom stereocenters. The number of nitrogens with zero attached hydrogens (tertiary/aromatic N) is 4. The number of fused-ring (bicyclic) bond motifs is 1. The zero-order valence-corrected chi connectivity index (χ0v) is 24.8. The van der Waals surface area contributed by atoms with Crippen molar-refractivity contribution in [1.82, 2.24) is 14.2 Å². The van der Waals surface area contributed by atoms with Gasteiger partial charge in [0.1, 0.15) is 0 Å². The Morgan fingerprint density at radius 1 is 1.19 bits per heavy atom. The first-order valence-electron chi connectivity index (χ1n) is 12.2. The predicted octanol–water partition coefficient (Wildman–Crippen LogP) is 5.70. The fraction of sp³-hybridized carbons (Fsp3) is 0.462. The van der Waals surface area contributed by atoms with Crippen molar-refractivity contribution < 1.29 is 13.2 Å². The summed E-state index contributed by atoms with van der Waals surface area (Å²) in [6.07, 6.45) is 2.68. The number of amides is 1. The summed E-state index contributed by atoms with van der Waals surface area (Å²) in [7, 11) is 0.415. The summed E-state index contributed by atoms with van der Waals surface area (Å²) in [5.74, 6) is 0.143. The van der Waals surface area contributed by atoms with Crippen LogP contribution in [0.25, 0.3) is 10.2 Å². The number of carbonyl (C=O) groups excluding carboxylic acids is 1. The highest BCUT2D eigenvalue weighted by molar-refractivity contribution is 7.89. The van der Waals surface area contributed by atoms with Gasteiger partial charge in [-0.05, 0) is 94.7 Å². The summed E-state index contributed by atoms with van der Waals surface area (Å²) in [6.45, 7) is 6.42. The second-order valence-electron chi connectivity index (χ2n) is 9.81. The van der Waals surface area contributed by atoms with Crippen molar-refractivity contribution in [1.29, 1.82) is 0 Å². The van der Waals surface area contributed by atoms with Crippen LogP contribution in [0.1, 0.15) is 42.1 Å². The Kier molecular flexibility index (Phi) is 9.99. The monoisotopic (exact) mass is 584 g/mol. The first kappa shape index (κ1) is 29.8. The number of benzene rings is 2. The fourth-order valence-corrected chi connectivity index (χ4v) is 7.57. The van der Waals surface area contributed by atoms with E-state index in [4.69, 9.17) is 16.6 Å². The molecule has 1 atom stereocenters. The lowest BCUT2D eigenvalue weighted by Crippen LogP contribution is -2.39. The molecule has 202 valence electrons. The standard InChI is InChI=1S/C26H33ClN4O3S2.ClH/c1-18-7-5-13-30(17-18)36(33,34)22-10-8-20(9-11-22)25(32)31(14-6-12-29(3)4)26-28-24-19(2)15-21(27)16-23(24)35-26;/h8-11,15-16,18H,5-7,12-14,17H2,1-4H3;1H. The first-order chi connectivity index (χ1) is 17.1. The predicted molar refractivity (Wildman–Crippen MR) is 155 cm³/mol. The topological polar surface area (TPSA) is 73.8 Å². The Hall–Kier alpha value is -1.75. The smallest absolute Gasteiger partial charge is 0.260 e. The molecule has 2 heterocycles. The summed E-state index contributed by atoms with van der Waals surface area (Å²) in [5, 5.41) is 1.25. The molecule has 0 spiro atoms. The largest absolute Gasteiger partial charge is 0.309 e. The van der Waals surface area contributed by atoms with Gasteiger partial charge in [0.15, 0.2) is 5.13 Å². The minimum atomic E-state index is -3.58. The molecule has 11 heteroatoms. The molecule has 7 nitrogen and oxygen atoms in total. The average Bonchev–Trinajstić information content (AvgIpc) is 3.25. The zero-order valence-electron chi connectivity index (χ0n) is 21.6. The molecule has 1 aliphatic heterocycles. The van der Waals surface area contributed by atoms with E-state index in [2.05, 4.69) is 11.8 Å². The van der Waals surface area contributed by atoms with Gasteiger partial charge in [-0.3, -0.25) is 9.69 Å². The van der Waals surface area contributed by atoms with Crippen LogP contribution in [0.5, 0.6) is 0 Å². The highest BCUT2D eigenvalue weighted by atomic mass is 35.5. The average molecular weight is 586 g/mol. The summed E-state index contributed by atoms with van der Waals surface area (Å²) >= 11 is 7.68. The van der Waals surface area contributed by atoms with Crippen molar-refractivity contribution in [3.05, 3.63) is 52.5 Å². The molecule has 1 aromatic heterocycles. The number of aromatic nitrogens is 1. The third-order valence-electron chi connectivity index (χ3n) is 6.46. The molecule has 3 aromatic rings. The third kappa shape index (κ3) is 6.82. The number of hydrogen-bond acceptors (Lipinski definition) is 6. The van der Waals surface area contributed by atoms with Gasteiger partial charge < -0.3 is 4.90 Å². The number of piperidine rings is 1. The molecule has 0 radical (unpaired) electrons. The minimum absolute atomic E-state index is 0. The maximum Gasteiger partial charge on any atom is 0.260 e. The van der Waals surface area contributed by atoms with Crippen molar-refractivity contribution in [3.63, 3.8) is 0 Å². The van der Waals surface area contributed by atoms with E-state index in [1.807, 2.05) is 33.2 Å². The molecule has 1 fully saturated rings. The number of sulfonamides is 1. The van der Waals surface area contributed by atoms with Crippen LogP contribution in [0, 0.1) is 12.8 Å². The Morgan fingerprint density at radius 3 is 2.54 bits per heavy atom. The van der Waals surface area contributed by atoms with Gasteiger partial charge >= 0.3 is 0 Å². The maximum atomic E-state index is 13.6. The number of anilines is 1. The van der Waals surface area contributed by atoms with E-state index < -0.39 is 10.0 Å². The number of aryl methyl sites for hydroxylation is 1. The lowest BCUT2D eigenvalue weighted by Gasteiger charge is -2.30. The molecule has 0 aliphatic carbocycles. The van der Waals surface area contributed by atoms with Crippen LogP contribution in [0.15, 0.2) is 41.3 Å². The molecular weight excluding hydrogens is 551 g/mol. The number of carbonyl (C=O) groups is 1. The second-order valence-corrected chi connectivity index (χ2v) is 13.2. The van der Waals surface area contributed by atoms with Crippen LogP contribution in [0.3, 0.4) is 0 Å². The highest BCUT2D eigenvalue weighted by Gasteiger charge is 2.29. The van der Waals surface area contributed by atoms with Gasteiger partial charge in [0.05, 0.1) is 15.1 Å². The van der Waals surface area contributed by atoms with E-state index in [9.17, 15) is 13.2 Å². The van der Waals surface area contributed by atoms with Crippen molar-refractivity contribution in [3.8, 4) is 0 Å². The van der Waals surface area contributed by atoms with Crippen molar-refractivity contribution in [2.24, 2.45) is 5.92 Å². The molecule has 0 bridgehead atoms. The Labute approximate surface area is 234 Å². The first-order valence-corrected chi connectivity index (χ1v) is 14.8. The fourth-order valence-electron chi connectivity index (χ4n) is 4.53. The van der Waals surface area contributed by atoms with Gasteiger partial charge in [-0.1, -0.05) is 29.9 Å². The lowest BCUT2D eigenvalue weighted by atomic mass is 10.0. The third-order valence-corrected chi connectivity index (χ3v) is 9.58. The minimum Gasteiger partial charge on any atom is -0.309 e. The van der Waals surface area contributed by atoms with E-state index in [1.54, 1.807) is 33.5 Å². The number of hydrogen-bond donors (Lipinski definition) is 0. The lowest BCUT2D eigenvalue weighted by molar-refractivity contribution is 0.0986. The molecule has 1 saturated heterocycles. The zero-order chi connectivity index (χ0) is 26.0. The normalized spacial score (nSPS) is 16.6. The molecule has 0 N–H and O–H groups in total. The van der Waals surface area contributed by atoms with E-state index >= 15 is 0 Å². The number of rotatable bonds is 8. The van der Waals surface area contributed by atoms with E-state index in [-0.39, 0.29) is 23.2 Å². The van der Waals surface area contributed by atoms with E-state index in [0.717, 1.165) is 41.6 Å². The summed E-state index contributed by atoms with van der Waals surface area (Å²) in [6, 6.07) is 10.0. The van der Waals surface area contributed by atoms with Gasteiger partial charge in [-0.25, -0.2) is 13.4 Å². The van der Waals surface area contributed by atoms with Crippen LogP contribution in [-0.2, 0) is 10.0 Å². The van der Waals surface area contributed by atoms with Gasteiger partial charge in [0.2, 0.25) is 10.0 Å². The van der Waals surface area contributed by atoms with Crippen LogP contribution < -0.4 is 4.90 Å². The number of halogens is 2. The van der Waals surface area contributed by atoms with Crippen molar-refractivity contribution in [2.45, 2.75) is 38.0 Å². The summed E-state index contributed by atoms with van der Waals surface area (Å²) < 4.78 is 28.8. The molecular formula is C26H34Cl2N4O3S2. The van der Waals surface area contributed by atoms with Gasteiger partial charge in [0, 0.05) is 30.2 Å². The molecule has 37 heavy (non-hydrogen) atoms. The second kappa shape index (κ2) is 12.4. The van der Waals surface area contributed by atoms with E-state index in [1.165, 1.54) is 11.3 Å². The molecule has 0 saturated carbocycles. The van der Waals surface area contributed by atoms with Crippen molar-refractivity contribution >= 4 is 66.6 Å². The van der Waals surface area contributed by atoms with Crippen LogP contribution in [-0.4, -0.2) is 68.8 Å². The van der Waals surface area contributed by atoms with Gasteiger partial charge in [-0.15, -0.1) is 12.4 Å². The Morgan fingerprint density at radius 2 is 1.89 bits per heavy atom.